The van der Waals surface area contributed by atoms with E-state index >= 15 is 0 Å². The fourth-order valence-corrected chi connectivity index (χ4v) is 1.19. The first-order chi connectivity index (χ1) is 6.18. The summed E-state index contributed by atoms with van der Waals surface area (Å²) in [6, 6.07) is 0. The average Bonchev–Trinajstić information content (AvgIpc) is 2.45. The summed E-state index contributed by atoms with van der Waals surface area (Å²) in [6.45, 7) is 1.44. The van der Waals surface area contributed by atoms with E-state index in [2.05, 4.69) is 15.0 Å². The van der Waals surface area contributed by atoms with E-state index in [4.69, 9.17) is 5.11 Å². The van der Waals surface area contributed by atoms with Crippen LogP contribution >= 0.6 is 11.3 Å². The maximum absolute atomic E-state index is 10.0. The van der Waals surface area contributed by atoms with Crippen molar-refractivity contribution in [3.63, 3.8) is 0 Å². The van der Waals surface area contributed by atoms with Crippen molar-refractivity contribution in [2.45, 2.75) is 6.92 Å². The van der Waals surface area contributed by atoms with Crippen molar-refractivity contribution in [2.75, 3.05) is 6.61 Å². The second-order valence-electron chi connectivity index (χ2n) is 2.19. The molecule has 13 heavy (non-hydrogen) atoms. The van der Waals surface area contributed by atoms with Gasteiger partial charge < -0.3 is 9.94 Å². The van der Waals surface area contributed by atoms with Gasteiger partial charge in [0.25, 0.3) is 0 Å². The monoisotopic (exact) mass is 200 g/mol. The molecule has 1 rings (SSSR count). The maximum atomic E-state index is 10.0. The summed E-state index contributed by atoms with van der Waals surface area (Å²) in [6.07, 6.45) is 1.38. The summed E-state index contributed by atoms with van der Waals surface area (Å²) >= 11 is 1.49. The van der Waals surface area contributed by atoms with E-state index in [1.165, 1.54) is 17.6 Å². The van der Waals surface area contributed by atoms with Crippen molar-refractivity contribution >= 4 is 23.5 Å². The van der Waals surface area contributed by atoms with Crippen LogP contribution in [0.4, 0.5) is 0 Å². The third-order valence-electron chi connectivity index (χ3n) is 1.08. The van der Waals surface area contributed by atoms with Gasteiger partial charge in [-0.2, -0.15) is 0 Å². The van der Waals surface area contributed by atoms with Gasteiger partial charge in [0.2, 0.25) is 6.61 Å². The third-order valence-corrected chi connectivity index (χ3v) is 1.88. The summed E-state index contributed by atoms with van der Waals surface area (Å²) in [4.78, 5) is 18.5. The zero-order valence-electron chi connectivity index (χ0n) is 6.93. The molecule has 5 nitrogen and oxygen atoms in total. The molecule has 0 amide bonds. The number of carboxylic acids is 1. The number of hydrogen-bond acceptors (Lipinski definition) is 5. The van der Waals surface area contributed by atoms with Crippen LogP contribution in [0.1, 0.15) is 10.7 Å². The Kier molecular flexibility index (Phi) is 3.39. The highest BCUT2D eigenvalue weighted by Gasteiger charge is 1.95. The normalized spacial score (nSPS) is 10.5. The Morgan fingerprint density at radius 1 is 1.92 bits per heavy atom. The summed E-state index contributed by atoms with van der Waals surface area (Å²) in [7, 11) is 0. The van der Waals surface area contributed by atoms with Crippen LogP contribution in [0.15, 0.2) is 10.5 Å². The van der Waals surface area contributed by atoms with E-state index in [9.17, 15) is 4.79 Å². The van der Waals surface area contributed by atoms with Crippen molar-refractivity contribution in [3.8, 4) is 0 Å². The van der Waals surface area contributed by atoms with Crippen LogP contribution < -0.4 is 0 Å². The topological polar surface area (TPSA) is 71.8 Å². The number of rotatable bonds is 4. The van der Waals surface area contributed by atoms with Crippen LogP contribution in [0.25, 0.3) is 0 Å². The highest BCUT2D eigenvalue weighted by molar-refractivity contribution is 7.09. The number of thiazole rings is 1. The number of aromatic nitrogens is 1. The molecule has 1 heterocycles. The van der Waals surface area contributed by atoms with Gasteiger partial charge in [-0.15, -0.1) is 11.3 Å². The number of nitrogens with zero attached hydrogens (tertiary/aromatic N) is 2. The molecule has 0 atom stereocenters. The average molecular weight is 200 g/mol. The fraction of sp³-hybridized carbons (Fsp3) is 0.286. The van der Waals surface area contributed by atoms with Crippen LogP contribution in [0, 0.1) is 6.92 Å². The molecule has 0 aromatic carbocycles. The molecular formula is C7H8N2O3S. The van der Waals surface area contributed by atoms with Crippen molar-refractivity contribution in [3.05, 3.63) is 16.1 Å². The van der Waals surface area contributed by atoms with Crippen LogP contribution in [-0.4, -0.2) is 28.9 Å². The molecule has 0 aliphatic heterocycles. The quantitative estimate of drug-likeness (QED) is 0.578. The van der Waals surface area contributed by atoms with Gasteiger partial charge >= 0.3 is 5.97 Å². The second-order valence-corrected chi connectivity index (χ2v) is 3.26. The fourth-order valence-electron chi connectivity index (χ4n) is 0.623. The number of carbonyl (C=O) groups is 1. The molecule has 0 aliphatic rings. The summed E-state index contributed by atoms with van der Waals surface area (Å²) < 4.78 is 0. The molecule has 0 saturated heterocycles. The molecule has 1 aromatic heterocycles. The highest BCUT2D eigenvalue weighted by atomic mass is 32.1. The summed E-state index contributed by atoms with van der Waals surface area (Å²) in [5.74, 6) is -1.05. The van der Waals surface area contributed by atoms with Gasteiger partial charge in [0.1, 0.15) is 0 Å². The first kappa shape index (κ1) is 9.66. The molecule has 1 aromatic rings. The van der Waals surface area contributed by atoms with Gasteiger partial charge in [0, 0.05) is 5.38 Å². The lowest BCUT2D eigenvalue weighted by atomic mass is 10.5. The Bertz CT molecular complexity index is 321. The molecule has 0 spiro atoms. The smallest absolute Gasteiger partial charge is 0.344 e. The number of oxime groups is 1. The number of hydrogen-bond donors (Lipinski definition) is 1. The lowest BCUT2D eigenvalue weighted by molar-refractivity contribution is -0.142. The predicted octanol–water partition coefficient (Wildman–Crippen LogP) is 0.887. The molecule has 0 radical (unpaired) electrons. The molecule has 0 saturated carbocycles. The van der Waals surface area contributed by atoms with Crippen LogP contribution in [0.2, 0.25) is 0 Å². The lowest BCUT2D eigenvalue weighted by Crippen LogP contribution is -2.03. The Morgan fingerprint density at radius 3 is 3.23 bits per heavy atom. The van der Waals surface area contributed by atoms with E-state index in [1.807, 2.05) is 12.3 Å². The number of carboxylic acid groups (broad SMARTS) is 1. The summed E-state index contributed by atoms with van der Waals surface area (Å²) in [5, 5.41) is 14.4. The number of aryl methyl sites for hydroxylation is 1. The zero-order chi connectivity index (χ0) is 9.68. The Labute approximate surface area is 78.7 Å². The number of aliphatic carboxylic acids is 1. The molecule has 0 bridgehead atoms. The van der Waals surface area contributed by atoms with Crippen molar-refractivity contribution in [1.29, 1.82) is 0 Å². The molecule has 0 aliphatic carbocycles. The largest absolute Gasteiger partial charge is 0.479 e. The Balaban J connectivity index is 2.36. The van der Waals surface area contributed by atoms with E-state index in [0.717, 1.165) is 5.01 Å². The van der Waals surface area contributed by atoms with Crippen molar-refractivity contribution in [2.24, 2.45) is 5.16 Å². The first-order valence-corrected chi connectivity index (χ1v) is 4.35. The van der Waals surface area contributed by atoms with Gasteiger partial charge in [0.05, 0.1) is 16.9 Å². The lowest BCUT2D eigenvalue weighted by Gasteiger charge is -1.90. The molecule has 0 unspecified atom stereocenters. The zero-order valence-corrected chi connectivity index (χ0v) is 7.74. The third kappa shape index (κ3) is 3.66. The van der Waals surface area contributed by atoms with E-state index in [-0.39, 0.29) is 0 Å². The summed E-state index contributed by atoms with van der Waals surface area (Å²) in [5.41, 5.74) is 0.674. The minimum absolute atomic E-state index is 0.431. The van der Waals surface area contributed by atoms with E-state index in [1.54, 1.807) is 0 Å². The first-order valence-electron chi connectivity index (χ1n) is 3.48. The molecule has 0 fully saturated rings. The minimum Gasteiger partial charge on any atom is -0.479 e. The Hall–Kier alpha value is -1.43. The molecule has 6 heteroatoms. The van der Waals surface area contributed by atoms with Crippen LogP contribution in [0.5, 0.6) is 0 Å². The molecule has 70 valence electrons. The molecule has 1 N–H and O–H groups in total. The van der Waals surface area contributed by atoms with Gasteiger partial charge in [-0.25, -0.2) is 9.78 Å². The van der Waals surface area contributed by atoms with E-state index < -0.39 is 12.6 Å². The van der Waals surface area contributed by atoms with Crippen molar-refractivity contribution in [1.82, 2.24) is 4.98 Å². The van der Waals surface area contributed by atoms with Gasteiger partial charge in [0.15, 0.2) is 0 Å². The highest BCUT2D eigenvalue weighted by Crippen LogP contribution is 2.05. The standard InChI is InChI=1S/C7H8N2O3S/c1-5-9-6(4-13-5)2-8-12-3-7(10)11/h2,4H,3H2,1H3,(H,10,11). The Morgan fingerprint density at radius 2 is 2.69 bits per heavy atom. The van der Waals surface area contributed by atoms with Gasteiger partial charge in [-0.1, -0.05) is 5.16 Å². The predicted molar refractivity (Wildman–Crippen MR) is 48.0 cm³/mol. The maximum Gasteiger partial charge on any atom is 0.344 e. The van der Waals surface area contributed by atoms with Gasteiger partial charge in [-0.3, -0.25) is 0 Å². The van der Waals surface area contributed by atoms with Gasteiger partial charge in [-0.05, 0) is 6.92 Å². The van der Waals surface area contributed by atoms with E-state index in [0.29, 0.717) is 5.69 Å². The van der Waals surface area contributed by atoms with Crippen LogP contribution in [0.3, 0.4) is 0 Å². The molecular weight excluding hydrogens is 192 g/mol. The second kappa shape index (κ2) is 4.56. The van der Waals surface area contributed by atoms with Crippen LogP contribution in [-0.2, 0) is 9.63 Å². The minimum atomic E-state index is -1.05. The SMILES string of the molecule is Cc1nc(C=NOCC(=O)O)cs1. The van der Waals surface area contributed by atoms with Crippen molar-refractivity contribution < 1.29 is 14.7 Å².